The second-order valence-electron chi connectivity index (χ2n) is 5.19. The van der Waals surface area contributed by atoms with Gasteiger partial charge >= 0.3 is 12.0 Å². The Balaban J connectivity index is 2.12. The summed E-state index contributed by atoms with van der Waals surface area (Å²) >= 11 is 0. The number of carbonyl (C=O) groups excluding carboxylic acids is 1. The Labute approximate surface area is 123 Å². The molecule has 1 atom stereocenters. The predicted octanol–water partition coefficient (Wildman–Crippen LogP) is 2.34. The molecule has 1 heterocycles. The van der Waals surface area contributed by atoms with Crippen molar-refractivity contribution < 1.29 is 19.4 Å². The smallest absolute Gasteiger partial charge is 0.336 e. The van der Waals surface area contributed by atoms with Crippen LogP contribution >= 0.6 is 0 Å². The summed E-state index contributed by atoms with van der Waals surface area (Å²) in [4.78, 5) is 25.1. The third kappa shape index (κ3) is 3.72. The second-order valence-corrected chi connectivity index (χ2v) is 5.19. The Kier molecular flexibility index (Phi) is 4.80. The van der Waals surface area contributed by atoms with E-state index in [0.29, 0.717) is 30.9 Å². The van der Waals surface area contributed by atoms with Crippen molar-refractivity contribution in [1.82, 2.24) is 4.90 Å². The van der Waals surface area contributed by atoms with Gasteiger partial charge in [0.2, 0.25) is 0 Å². The van der Waals surface area contributed by atoms with Gasteiger partial charge < -0.3 is 20.1 Å². The van der Waals surface area contributed by atoms with Crippen molar-refractivity contribution >= 4 is 17.7 Å². The molecule has 1 unspecified atom stereocenters. The molecule has 0 spiro atoms. The van der Waals surface area contributed by atoms with Crippen LogP contribution in [0.5, 0.6) is 0 Å². The summed E-state index contributed by atoms with van der Waals surface area (Å²) in [6.45, 7) is 5.44. The molecule has 6 nitrogen and oxygen atoms in total. The van der Waals surface area contributed by atoms with E-state index in [0.717, 1.165) is 6.42 Å². The number of nitrogens with zero attached hydrogens (tertiary/aromatic N) is 1. The van der Waals surface area contributed by atoms with Crippen molar-refractivity contribution in [2.75, 3.05) is 25.0 Å². The molecule has 1 aromatic carbocycles. The highest BCUT2D eigenvalue weighted by Crippen LogP contribution is 2.20. The fourth-order valence-electron chi connectivity index (χ4n) is 2.38. The average molecular weight is 292 g/mol. The Morgan fingerprint density at radius 3 is 2.90 bits per heavy atom. The zero-order chi connectivity index (χ0) is 15.4. The van der Waals surface area contributed by atoms with Crippen molar-refractivity contribution in [3.8, 4) is 0 Å². The van der Waals surface area contributed by atoms with E-state index in [4.69, 9.17) is 9.84 Å². The van der Waals surface area contributed by atoms with Gasteiger partial charge in [-0.25, -0.2) is 9.59 Å². The zero-order valence-electron chi connectivity index (χ0n) is 12.3. The van der Waals surface area contributed by atoms with Crippen LogP contribution < -0.4 is 5.32 Å². The second kappa shape index (κ2) is 6.58. The lowest BCUT2D eigenvalue weighted by Gasteiger charge is -2.23. The molecule has 2 N–H and O–H groups in total. The number of hydrogen-bond acceptors (Lipinski definition) is 3. The molecule has 1 aromatic rings. The van der Waals surface area contributed by atoms with Gasteiger partial charge in [0.1, 0.15) is 0 Å². The molecule has 1 aliphatic rings. The number of anilines is 1. The maximum absolute atomic E-state index is 12.3. The fourth-order valence-corrected chi connectivity index (χ4v) is 2.38. The number of ether oxygens (including phenoxy) is 1. The molecule has 1 saturated heterocycles. The molecule has 0 radical (unpaired) electrons. The van der Waals surface area contributed by atoms with Crippen LogP contribution in [-0.2, 0) is 4.74 Å². The molecule has 1 aliphatic heterocycles. The summed E-state index contributed by atoms with van der Waals surface area (Å²) in [5.41, 5.74) is 1.27. The summed E-state index contributed by atoms with van der Waals surface area (Å²) in [6.07, 6.45) is 0.802. The third-order valence-corrected chi connectivity index (χ3v) is 3.55. The molecule has 6 heteroatoms. The van der Waals surface area contributed by atoms with Gasteiger partial charge in [-0.2, -0.15) is 0 Å². The molecule has 21 heavy (non-hydrogen) atoms. The van der Waals surface area contributed by atoms with Crippen LogP contribution in [0.1, 0.15) is 29.3 Å². The number of carboxylic acids is 1. The average Bonchev–Trinajstić information content (AvgIpc) is 2.65. The standard InChI is InChI=1S/C15H20N2O4/c1-10-9-17(7-4-8-21-10)15(20)16-13-6-3-5-12(11(13)2)14(18)19/h3,5-6,10H,4,7-9H2,1-2H3,(H,16,20)(H,18,19). The summed E-state index contributed by atoms with van der Waals surface area (Å²) in [5.74, 6) is -1.000. The third-order valence-electron chi connectivity index (χ3n) is 3.55. The van der Waals surface area contributed by atoms with E-state index < -0.39 is 5.97 Å². The van der Waals surface area contributed by atoms with E-state index in [1.165, 1.54) is 6.07 Å². The van der Waals surface area contributed by atoms with Crippen LogP contribution in [0.2, 0.25) is 0 Å². The van der Waals surface area contributed by atoms with E-state index in [-0.39, 0.29) is 17.7 Å². The molecule has 2 amide bonds. The predicted molar refractivity (Wildman–Crippen MR) is 78.8 cm³/mol. The number of nitrogens with one attached hydrogen (secondary N) is 1. The first-order chi connectivity index (χ1) is 9.99. The number of amides is 2. The Morgan fingerprint density at radius 2 is 2.19 bits per heavy atom. The molecule has 2 rings (SSSR count). The van der Waals surface area contributed by atoms with Crippen LogP contribution in [0.25, 0.3) is 0 Å². The van der Waals surface area contributed by atoms with E-state index >= 15 is 0 Å². The minimum Gasteiger partial charge on any atom is -0.478 e. The normalized spacial score (nSPS) is 19.0. The van der Waals surface area contributed by atoms with Crippen molar-refractivity contribution in [2.24, 2.45) is 0 Å². The van der Waals surface area contributed by atoms with Gasteiger partial charge in [0.05, 0.1) is 11.7 Å². The first kappa shape index (κ1) is 15.3. The van der Waals surface area contributed by atoms with Crippen molar-refractivity contribution in [3.63, 3.8) is 0 Å². The van der Waals surface area contributed by atoms with E-state index in [9.17, 15) is 9.59 Å². The van der Waals surface area contributed by atoms with Gasteiger partial charge in [-0.15, -0.1) is 0 Å². The van der Waals surface area contributed by atoms with Crippen molar-refractivity contribution in [1.29, 1.82) is 0 Å². The Bertz CT molecular complexity index is 544. The summed E-state index contributed by atoms with van der Waals surface area (Å²) in [6, 6.07) is 4.63. The van der Waals surface area contributed by atoms with Gasteiger partial charge in [-0.1, -0.05) is 6.07 Å². The molecule has 0 aliphatic carbocycles. The quantitative estimate of drug-likeness (QED) is 0.877. The Morgan fingerprint density at radius 1 is 1.43 bits per heavy atom. The minimum absolute atomic E-state index is 0.00435. The van der Waals surface area contributed by atoms with Gasteiger partial charge in [-0.3, -0.25) is 0 Å². The van der Waals surface area contributed by atoms with Crippen molar-refractivity contribution in [2.45, 2.75) is 26.4 Å². The number of aromatic carboxylic acids is 1. The lowest BCUT2D eigenvalue weighted by molar-refractivity contribution is 0.0696. The highest BCUT2D eigenvalue weighted by Gasteiger charge is 2.21. The van der Waals surface area contributed by atoms with Gasteiger partial charge in [0.15, 0.2) is 0 Å². The summed E-state index contributed by atoms with van der Waals surface area (Å²) < 4.78 is 5.51. The van der Waals surface area contributed by atoms with Gasteiger partial charge in [0.25, 0.3) is 0 Å². The number of carboxylic acid groups (broad SMARTS) is 1. The molecule has 0 bridgehead atoms. The highest BCUT2D eigenvalue weighted by molar-refractivity contribution is 5.95. The summed E-state index contributed by atoms with van der Waals surface area (Å²) in [5, 5.41) is 11.9. The number of hydrogen-bond donors (Lipinski definition) is 2. The SMILES string of the molecule is Cc1c(NC(=O)N2CCCOC(C)C2)cccc1C(=O)O. The molecular formula is C15H20N2O4. The highest BCUT2D eigenvalue weighted by atomic mass is 16.5. The fraction of sp³-hybridized carbons (Fsp3) is 0.467. The number of rotatable bonds is 2. The number of benzene rings is 1. The molecule has 0 aromatic heterocycles. The van der Waals surface area contributed by atoms with Crippen molar-refractivity contribution in [3.05, 3.63) is 29.3 Å². The zero-order valence-corrected chi connectivity index (χ0v) is 12.3. The number of carbonyl (C=O) groups is 2. The van der Waals surface area contributed by atoms with Crippen LogP contribution in [-0.4, -0.2) is 47.8 Å². The van der Waals surface area contributed by atoms with Gasteiger partial charge in [0, 0.05) is 25.4 Å². The molecule has 0 saturated carbocycles. The lowest BCUT2D eigenvalue weighted by Crippen LogP contribution is -2.39. The largest absolute Gasteiger partial charge is 0.478 e. The molecule has 1 fully saturated rings. The first-order valence-electron chi connectivity index (χ1n) is 6.99. The van der Waals surface area contributed by atoms with Crippen LogP contribution in [0.3, 0.4) is 0 Å². The first-order valence-corrected chi connectivity index (χ1v) is 6.99. The van der Waals surface area contributed by atoms with Crippen LogP contribution in [0.4, 0.5) is 10.5 Å². The van der Waals surface area contributed by atoms with Gasteiger partial charge in [-0.05, 0) is 38.0 Å². The van der Waals surface area contributed by atoms with E-state index in [1.807, 2.05) is 6.92 Å². The maximum atomic E-state index is 12.3. The monoisotopic (exact) mass is 292 g/mol. The topological polar surface area (TPSA) is 78.9 Å². The van der Waals surface area contributed by atoms with Crippen LogP contribution in [0, 0.1) is 6.92 Å². The minimum atomic E-state index is -1.000. The number of urea groups is 1. The summed E-state index contributed by atoms with van der Waals surface area (Å²) in [7, 11) is 0. The Hall–Kier alpha value is -2.08. The maximum Gasteiger partial charge on any atom is 0.336 e. The lowest BCUT2D eigenvalue weighted by atomic mass is 10.1. The molecular weight excluding hydrogens is 272 g/mol. The van der Waals surface area contributed by atoms with E-state index in [1.54, 1.807) is 24.0 Å². The molecule has 114 valence electrons. The van der Waals surface area contributed by atoms with E-state index in [2.05, 4.69) is 5.32 Å². The van der Waals surface area contributed by atoms with Crippen LogP contribution in [0.15, 0.2) is 18.2 Å².